The molecule has 4 heteroatoms. The lowest BCUT2D eigenvalue weighted by Gasteiger charge is -2.39. The molecule has 4 atom stereocenters. The first-order valence-corrected chi connectivity index (χ1v) is 11.6. The van der Waals surface area contributed by atoms with E-state index in [-0.39, 0.29) is 34.7 Å². The van der Waals surface area contributed by atoms with Gasteiger partial charge in [0.25, 0.3) is 11.8 Å². The second-order valence-corrected chi connectivity index (χ2v) is 11.7. The van der Waals surface area contributed by atoms with Crippen LogP contribution in [0.5, 0.6) is 0 Å². The van der Waals surface area contributed by atoms with Crippen LogP contribution in [0.15, 0.2) is 24.3 Å². The Balaban J connectivity index is 1.64. The summed E-state index contributed by atoms with van der Waals surface area (Å²) < 4.78 is 0. The Kier molecular flexibility index (Phi) is 6.64. The van der Waals surface area contributed by atoms with Gasteiger partial charge in [0.1, 0.15) is 0 Å². The van der Waals surface area contributed by atoms with Crippen LogP contribution in [-0.2, 0) is 0 Å². The first-order chi connectivity index (χ1) is 13.9. The summed E-state index contributed by atoms with van der Waals surface area (Å²) in [6, 6.07) is 7.54. The van der Waals surface area contributed by atoms with Crippen LogP contribution in [0, 0.1) is 22.7 Å². The molecule has 0 saturated heterocycles. The quantitative estimate of drug-likeness (QED) is 0.678. The van der Waals surface area contributed by atoms with Gasteiger partial charge in [0.2, 0.25) is 0 Å². The summed E-state index contributed by atoms with van der Waals surface area (Å²) in [5.74, 6) is 1.07. The van der Waals surface area contributed by atoms with E-state index in [9.17, 15) is 9.59 Å². The van der Waals surface area contributed by atoms with Crippen molar-refractivity contribution in [1.29, 1.82) is 0 Å². The molecule has 1 aromatic carbocycles. The first kappa shape index (κ1) is 22.8. The molecule has 30 heavy (non-hydrogen) atoms. The van der Waals surface area contributed by atoms with Crippen LogP contribution in [0.3, 0.4) is 0 Å². The number of carbonyl (C=O) groups is 2. The number of hydrogen-bond acceptors (Lipinski definition) is 2. The van der Waals surface area contributed by atoms with Crippen molar-refractivity contribution in [1.82, 2.24) is 10.6 Å². The summed E-state index contributed by atoms with van der Waals surface area (Å²) in [4.78, 5) is 25.8. The summed E-state index contributed by atoms with van der Waals surface area (Å²) in [6.45, 7) is 13.6. The summed E-state index contributed by atoms with van der Waals surface area (Å²) in [7, 11) is 0. The SMILES string of the molecule is CC1CC(NC(=O)c2cccc(C(=O)NC3CC(C)CC(C)(C)C3)c2)CC(C)(C)C1. The van der Waals surface area contributed by atoms with Crippen molar-refractivity contribution < 1.29 is 9.59 Å². The van der Waals surface area contributed by atoms with Crippen molar-refractivity contribution in [3.8, 4) is 0 Å². The lowest BCUT2D eigenvalue weighted by Crippen LogP contribution is -2.43. The van der Waals surface area contributed by atoms with Crippen molar-refractivity contribution in [2.45, 2.75) is 92.2 Å². The summed E-state index contributed by atoms with van der Waals surface area (Å²) in [5.41, 5.74) is 1.64. The molecule has 0 aromatic heterocycles. The third-order valence-electron chi connectivity index (χ3n) is 6.83. The second-order valence-electron chi connectivity index (χ2n) is 11.7. The summed E-state index contributed by atoms with van der Waals surface area (Å²) in [6.07, 6.45) is 6.44. The predicted octanol–water partition coefficient (Wildman–Crippen LogP) is 5.58. The predicted molar refractivity (Wildman–Crippen MR) is 123 cm³/mol. The maximum Gasteiger partial charge on any atom is 0.251 e. The highest BCUT2D eigenvalue weighted by Crippen LogP contribution is 2.39. The Bertz CT molecular complexity index is 722. The molecule has 2 amide bonds. The van der Waals surface area contributed by atoms with E-state index in [2.05, 4.69) is 52.2 Å². The Morgan fingerprint density at radius 3 is 1.53 bits per heavy atom. The molecule has 0 bridgehead atoms. The average Bonchev–Trinajstić information content (AvgIpc) is 2.58. The van der Waals surface area contributed by atoms with Crippen LogP contribution >= 0.6 is 0 Å². The van der Waals surface area contributed by atoms with Gasteiger partial charge < -0.3 is 10.6 Å². The highest BCUT2D eigenvalue weighted by atomic mass is 16.2. The van der Waals surface area contributed by atoms with Crippen molar-refractivity contribution >= 4 is 11.8 Å². The van der Waals surface area contributed by atoms with Gasteiger partial charge in [-0.1, -0.05) is 47.6 Å². The largest absolute Gasteiger partial charge is 0.349 e. The smallest absolute Gasteiger partial charge is 0.251 e. The van der Waals surface area contributed by atoms with Gasteiger partial charge >= 0.3 is 0 Å². The number of rotatable bonds is 4. The molecular weight excluding hydrogens is 372 g/mol. The molecule has 4 nitrogen and oxygen atoms in total. The van der Waals surface area contributed by atoms with E-state index in [1.54, 1.807) is 18.2 Å². The molecule has 2 N–H and O–H groups in total. The Labute approximate surface area is 182 Å². The van der Waals surface area contributed by atoms with E-state index in [0.29, 0.717) is 23.0 Å². The van der Waals surface area contributed by atoms with Crippen LogP contribution in [-0.4, -0.2) is 23.9 Å². The minimum absolute atomic E-state index is 0.0769. The molecule has 0 radical (unpaired) electrons. The average molecular weight is 413 g/mol. The molecule has 3 rings (SSSR count). The van der Waals surface area contributed by atoms with E-state index in [0.717, 1.165) is 25.7 Å². The first-order valence-electron chi connectivity index (χ1n) is 11.6. The number of nitrogens with one attached hydrogen (secondary N) is 2. The highest BCUT2D eigenvalue weighted by molar-refractivity contribution is 5.99. The maximum absolute atomic E-state index is 12.9. The normalized spacial score (nSPS) is 30.3. The van der Waals surface area contributed by atoms with Crippen molar-refractivity contribution in [2.24, 2.45) is 22.7 Å². The molecule has 2 aliphatic carbocycles. The van der Waals surface area contributed by atoms with Crippen molar-refractivity contribution in [3.05, 3.63) is 35.4 Å². The highest BCUT2D eigenvalue weighted by Gasteiger charge is 2.34. The van der Waals surface area contributed by atoms with E-state index in [4.69, 9.17) is 0 Å². The zero-order valence-corrected chi connectivity index (χ0v) is 19.7. The van der Waals surface area contributed by atoms with Crippen molar-refractivity contribution in [3.63, 3.8) is 0 Å². The zero-order chi connectivity index (χ0) is 22.1. The topological polar surface area (TPSA) is 58.2 Å². The number of hydrogen-bond donors (Lipinski definition) is 2. The number of amides is 2. The molecule has 166 valence electrons. The van der Waals surface area contributed by atoms with Crippen LogP contribution in [0.25, 0.3) is 0 Å². The third kappa shape index (κ3) is 6.09. The van der Waals surface area contributed by atoms with Gasteiger partial charge in [0.15, 0.2) is 0 Å². The fourth-order valence-corrected chi connectivity index (χ4v) is 6.25. The summed E-state index contributed by atoms with van der Waals surface area (Å²) >= 11 is 0. The zero-order valence-electron chi connectivity index (χ0n) is 19.7. The van der Waals surface area contributed by atoms with E-state index < -0.39 is 0 Å². The third-order valence-corrected chi connectivity index (χ3v) is 6.83. The van der Waals surface area contributed by atoms with Gasteiger partial charge in [-0.05, 0) is 79.4 Å². The fourth-order valence-electron chi connectivity index (χ4n) is 6.25. The summed E-state index contributed by atoms with van der Waals surface area (Å²) in [5, 5.41) is 6.43. The second kappa shape index (κ2) is 8.72. The van der Waals surface area contributed by atoms with Gasteiger partial charge in [-0.25, -0.2) is 0 Å². The molecule has 2 aliphatic rings. The van der Waals surface area contributed by atoms with E-state index >= 15 is 0 Å². The van der Waals surface area contributed by atoms with Gasteiger partial charge in [-0.3, -0.25) is 9.59 Å². The molecule has 0 aliphatic heterocycles. The van der Waals surface area contributed by atoms with Crippen LogP contribution in [0.4, 0.5) is 0 Å². The Morgan fingerprint density at radius 2 is 1.17 bits per heavy atom. The standard InChI is InChI=1S/C26H40N2O2/c1-17-10-21(15-25(3,4)13-17)27-23(29)19-8-7-9-20(12-19)24(30)28-22-11-18(2)14-26(5,6)16-22/h7-9,12,17-18,21-22H,10-11,13-16H2,1-6H3,(H,27,29)(H,28,30). The van der Waals surface area contributed by atoms with Gasteiger partial charge in [0.05, 0.1) is 0 Å². The minimum atomic E-state index is -0.0769. The molecule has 0 heterocycles. The van der Waals surface area contributed by atoms with E-state index in [1.807, 2.05) is 6.07 Å². The fraction of sp³-hybridized carbons (Fsp3) is 0.692. The lowest BCUT2D eigenvalue weighted by molar-refractivity contribution is 0.0871. The van der Waals surface area contributed by atoms with Crippen molar-refractivity contribution in [2.75, 3.05) is 0 Å². The minimum Gasteiger partial charge on any atom is -0.349 e. The molecule has 0 spiro atoms. The van der Waals surface area contributed by atoms with Gasteiger partial charge in [0, 0.05) is 23.2 Å². The van der Waals surface area contributed by atoms with Crippen LogP contribution < -0.4 is 10.6 Å². The van der Waals surface area contributed by atoms with Gasteiger partial charge in [-0.15, -0.1) is 0 Å². The monoisotopic (exact) mass is 412 g/mol. The molecule has 1 aromatic rings. The van der Waals surface area contributed by atoms with Gasteiger partial charge in [-0.2, -0.15) is 0 Å². The maximum atomic E-state index is 12.9. The van der Waals surface area contributed by atoms with E-state index in [1.165, 1.54) is 12.8 Å². The Hall–Kier alpha value is -1.84. The molecule has 2 fully saturated rings. The lowest BCUT2D eigenvalue weighted by atomic mass is 9.70. The number of benzene rings is 1. The molecule has 4 unspecified atom stereocenters. The number of carbonyl (C=O) groups excluding carboxylic acids is 2. The molecule has 2 saturated carbocycles. The molecular formula is C26H40N2O2. The van der Waals surface area contributed by atoms with Crippen LogP contribution in [0.2, 0.25) is 0 Å². The van der Waals surface area contributed by atoms with Crippen LogP contribution in [0.1, 0.15) is 101 Å². The Morgan fingerprint density at radius 1 is 0.767 bits per heavy atom.